The molecule has 6 nitrogen and oxygen atoms in total. The van der Waals surface area contributed by atoms with E-state index in [-0.39, 0.29) is 16.8 Å². The summed E-state index contributed by atoms with van der Waals surface area (Å²) in [6.07, 6.45) is 1.27. The third-order valence-electron chi connectivity index (χ3n) is 2.65. The number of benzene rings is 1. The van der Waals surface area contributed by atoms with Crippen LogP contribution in [-0.2, 0) is 11.3 Å². The maximum Gasteiger partial charge on any atom is 0.387 e. The lowest BCUT2D eigenvalue weighted by molar-refractivity contribution is -0.137. The highest BCUT2D eigenvalue weighted by Crippen LogP contribution is 2.26. The summed E-state index contributed by atoms with van der Waals surface area (Å²) in [5, 5.41) is 9.18. The number of aliphatic carboxylic acids is 1. The second-order valence-corrected chi connectivity index (χ2v) is 3.99. The Labute approximate surface area is 111 Å². The number of rotatable bonds is 5. The molecule has 0 atom stereocenters. The molecule has 0 unspecified atom stereocenters. The number of hydrogen-bond acceptors (Lipinski definition) is 3. The third kappa shape index (κ3) is 2.68. The van der Waals surface area contributed by atoms with Crippen LogP contribution in [0.1, 0.15) is 10.4 Å². The Hall–Kier alpha value is -2.64. The van der Waals surface area contributed by atoms with Crippen LogP contribution in [0, 0.1) is 0 Å². The molecule has 0 radical (unpaired) electrons. The number of amides is 1. The molecule has 1 amide bonds. The second-order valence-electron chi connectivity index (χ2n) is 3.99. The predicted octanol–water partition coefficient (Wildman–Crippen LogP) is 1.43. The van der Waals surface area contributed by atoms with Gasteiger partial charge in [-0.15, -0.1) is 0 Å². The normalized spacial score (nSPS) is 10.9. The summed E-state index contributed by atoms with van der Waals surface area (Å²) in [6, 6.07) is 3.87. The van der Waals surface area contributed by atoms with Crippen LogP contribution in [0.15, 0.2) is 24.4 Å². The van der Waals surface area contributed by atoms with Crippen LogP contribution in [0.3, 0.4) is 0 Å². The molecule has 106 valence electrons. The molecule has 0 saturated heterocycles. The first kappa shape index (κ1) is 13.8. The minimum Gasteiger partial charge on any atom is -0.480 e. The zero-order chi connectivity index (χ0) is 14.9. The number of ether oxygens (including phenoxy) is 1. The Morgan fingerprint density at radius 3 is 2.65 bits per heavy atom. The lowest BCUT2D eigenvalue weighted by Gasteiger charge is -2.06. The fraction of sp³-hybridized carbons (Fsp3) is 0.167. The Balaban J connectivity index is 2.58. The maximum atomic E-state index is 12.2. The van der Waals surface area contributed by atoms with E-state index in [9.17, 15) is 18.4 Å². The summed E-state index contributed by atoms with van der Waals surface area (Å²) in [7, 11) is 0. The van der Waals surface area contributed by atoms with Crippen molar-refractivity contribution in [2.45, 2.75) is 13.2 Å². The number of carbonyl (C=O) groups excluding carboxylic acids is 1. The van der Waals surface area contributed by atoms with E-state index in [2.05, 4.69) is 4.74 Å². The third-order valence-corrected chi connectivity index (χ3v) is 2.65. The summed E-state index contributed by atoms with van der Waals surface area (Å²) in [4.78, 5) is 22.1. The molecule has 0 aliphatic rings. The number of nitrogens with zero attached hydrogens (tertiary/aromatic N) is 1. The van der Waals surface area contributed by atoms with Gasteiger partial charge in [-0.25, -0.2) is 0 Å². The number of carbonyl (C=O) groups is 2. The second kappa shape index (κ2) is 5.16. The molecule has 2 rings (SSSR count). The van der Waals surface area contributed by atoms with Crippen LogP contribution < -0.4 is 10.5 Å². The van der Waals surface area contributed by atoms with Crippen LogP contribution in [-0.4, -0.2) is 28.2 Å². The van der Waals surface area contributed by atoms with Gasteiger partial charge in [-0.1, -0.05) is 0 Å². The molecule has 3 N–H and O–H groups in total. The topological polar surface area (TPSA) is 94.6 Å². The van der Waals surface area contributed by atoms with Gasteiger partial charge in [-0.2, -0.15) is 8.78 Å². The molecule has 8 heteroatoms. The monoisotopic (exact) mass is 284 g/mol. The van der Waals surface area contributed by atoms with Crippen molar-refractivity contribution < 1.29 is 28.2 Å². The Morgan fingerprint density at radius 1 is 1.40 bits per heavy atom. The molecule has 20 heavy (non-hydrogen) atoms. The summed E-state index contributed by atoms with van der Waals surface area (Å²) >= 11 is 0. The highest BCUT2D eigenvalue weighted by atomic mass is 19.3. The van der Waals surface area contributed by atoms with E-state index < -0.39 is 25.0 Å². The number of carboxylic acids is 1. The molecular weight excluding hydrogens is 274 g/mol. The van der Waals surface area contributed by atoms with Crippen molar-refractivity contribution in [1.82, 2.24) is 4.57 Å². The molecule has 0 saturated carbocycles. The Bertz CT molecular complexity index is 681. The first-order valence-corrected chi connectivity index (χ1v) is 5.48. The molecule has 2 aromatic rings. The molecule has 0 aliphatic carbocycles. The van der Waals surface area contributed by atoms with Crippen molar-refractivity contribution >= 4 is 22.8 Å². The number of nitrogens with two attached hydrogens (primary N) is 1. The van der Waals surface area contributed by atoms with Gasteiger partial charge in [0.05, 0.1) is 11.1 Å². The van der Waals surface area contributed by atoms with Gasteiger partial charge in [0.15, 0.2) is 0 Å². The zero-order valence-electron chi connectivity index (χ0n) is 10.0. The number of primary amides is 1. The van der Waals surface area contributed by atoms with Crippen LogP contribution in [0.5, 0.6) is 5.75 Å². The first-order valence-electron chi connectivity index (χ1n) is 5.48. The lowest BCUT2D eigenvalue weighted by atomic mass is 10.1. The number of alkyl halides is 2. The molecule has 0 spiro atoms. The van der Waals surface area contributed by atoms with Crippen molar-refractivity contribution in [1.29, 1.82) is 0 Å². The molecule has 0 fully saturated rings. The number of halogens is 2. The highest BCUT2D eigenvalue weighted by molar-refractivity contribution is 6.06. The summed E-state index contributed by atoms with van der Waals surface area (Å²) in [6.45, 7) is -3.42. The minimum atomic E-state index is -2.99. The minimum absolute atomic E-state index is 0.116. The Morgan fingerprint density at radius 2 is 2.10 bits per heavy atom. The van der Waals surface area contributed by atoms with Crippen molar-refractivity contribution in [3.63, 3.8) is 0 Å². The standard InChI is InChI=1S/C12H10F2N2O4/c13-12(14)20-6-1-2-7-8(11(15)19)4-16(5-10(17)18)9(7)3-6/h1-4,12H,5H2,(H2,15,19)(H,17,18). The van der Waals surface area contributed by atoms with E-state index in [4.69, 9.17) is 10.8 Å². The van der Waals surface area contributed by atoms with E-state index in [1.165, 1.54) is 29.0 Å². The largest absolute Gasteiger partial charge is 0.480 e. The fourth-order valence-corrected chi connectivity index (χ4v) is 1.92. The van der Waals surface area contributed by atoms with Gasteiger partial charge >= 0.3 is 12.6 Å². The fourth-order valence-electron chi connectivity index (χ4n) is 1.92. The van der Waals surface area contributed by atoms with Gasteiger partial charge in [-0.05, 0) is 12.1 Å². The number of carboxylic acid groups (broad SMARTS) is 1. The van der Waals surface area contributed by atoms with E-state index in [0.717, 1.165) is 0 Å². The van der Waals surface area contributed by atoms with Crippen molar-refractivity contribution in [2.24, 2.45) is 5.73 Å². The quantitative estimate of drug-likeness (QED) is 0.868. The molecule has 1 heterocycles. The average molecular weight is 284 g/mol. The van der Waals surface area contributed by atoms with E-state index in [0.29, 0.717) is 5.39 Å². The van der Waals surface area contributed by atoms with Crippen LogP contribution in [0.4, 0.5) is 8.78 Å². The van der Waals surface area contributed by atoms with Gasteiger partial charge in [-0.3, -0.25) is 9.59 Å². The summed E-state index contributed by atoms with van der Waals surface area (Å²) in [5.74, 6) is -2.01. The molecule has 1 aromatic carbocycles. The first-order chi connectivity index (χ1) is 9.38. The van der Waals surface area contributed by atoms with E-state index in [1.54, 1.807) is 0 Å². The number of hydrogen-bond donors (Lipinski definition) is 2. The van der Waals surface area contributed by atoms with Gasteiger partial charge < -0.3 is 20.1 Å². The SMILES string of the molecule is NC(=O)c1cn(CC(=O)O)c2cc(OC(F)F)ccc12. The van der Waals surface area contributed by atoms with Gasteiger partial charge in [0.1, 0.15) is 12.3 Å². The van der Waals surface area contributed by atoms with Crippen molar-refractivity contribution in [3.05, 3.63) is 30.0 Å². The van der Waals surface area contributed by atoms with Crippen molar-refractivity contribution in [2.75, 3.05) is 0 Å². The number of aromatic nitrogens is 1. The van der Waals surface area contributed by atoms with Crippen LogP contribution >= 0.6 is 0 Å². The molecule has 1 aromatic heterocycles. The average Bonchev–Trinajstić information content (AvgIpc) is 2.66. The Kier molecular flexibility index (Phi) is 3.55. The van der Waals surface area contributed by atoms with Gasteiger partial charge in [0.25, 0.3) is 5.91 Å². The highest BCUT2D eigenvalue weighted by Gasteiger charge is 2.15. The summed E-state index contributed by atoms with van der Waals surface area (Å²) < 4.78 is 29.8. The summed E-state index contributed by atoms with van der Waals surface area (Å²) in [5.41, 5.74) is 5.58. The van der Waals surface area contributed by atoms with Crippen LogP contribution in [0.25, 0.3) is 10.9 Å². The van der Waals surface area contributed by atoms with E-state index >= 15 is 0 Å². The zero-order valence-corrected chi connectivity index (χ0v) is 10.0. The smallest absolute Gasteiger partial charge is 0.387 e. The maximum absolute atomic E-state index is 12.2. The van der Waals surface area contributed by atoms with Crippen LogP contribution in [0.2, 0.25) is 0 Å². The van der Waals surface area contributed by atoms with Gasteiger partial charge in [0.2, 0.25) is 0 Å². The number of fused-ring (bicyclic) bond motifs is 1. The molecular formula is C12H10F2N2O4. The van der Waals surface area contributed by atoms with Gasteiger partial charge in [0, 0.05) is 17.6 Å². The van der Waals surface area contributed by atoms with Crippen molar-refractivity contribution in [3.8, 4) is 5.75 Å². The molecule has 0 bridgehead atoms. The molecule has 0 aliphatic heterocycles. The lowest BCUT2D eigenvalue weighted by Crippen LogP contribution is -2.11. The van der Waals surface area contributed by atoms with E-state index in [1.807, 2.05) is 0 Å². The predicted molar refractivity (Wildman–Crippen MR) is 64.7 cm³/mol.